The van der Waals surface area contributed by atoms with E-state index in [0.29, 0.717) is 17.0 Å². The van der Waals surface area contributed by atoms with E-state index in [1.807, 2.05) is 36.4 Å². The Labute approximate surface area is 128 Å². The molecule has 2 aromatic carbocycles. The van der Waals surface area contributed by atoms with Gasteiger partial charge in [-0.15, -0.1) is 10.2 Å². The summed E-state index contributed by atoms with van der Waals surface area (Å²) in [6.45, 7) is 0. The maximum atomic E-state index is 12.4. The summed E-state index contributed by atoms with van der Waals surface area (Å²) in [5, 5.41) is 13.7. The van der Waals surface area contributed by atoms with Crippen LogP contribution in [0.2, 0.25) is 0 Å². The van der Waals surface area contributed by atoms with Crippen LogP contribution in [0.1, 0.15) is 11.1 Å². The van der Waals surface area contributed by atoms with Crippen LogP contribution in [0, 0.1) is 0 Å². The van der Waals surface area contributed by atoms with E-state index in [0.717, 1.165) is 5.56 Å². The molecular weight excluding hydrogens is 300 g/mol. The van der Waals surface area contributed by atoms with Crippen LogP contribution in [0.5, 0.6) is 0 Å². The first-order valence-corrected chi connectivity index (χ1v) is 8.52. The molecule has 1 N–H and O–H groups in total. The van der Waals surface area contributed by atoms with Crippen molar-refractivity contribution in [3.8, 4) is 11.4 Å². The smallest absolute Gasteiger partial charge is 0.204 e. The van der Waals surface area contributed by atoms with Crippen LogP contribution >= 0.6 is 0 Å². The molecule has 0 spiro atoms. The van der Waals surface area contributed by atoms with Crippen molar-refractivity contribution >= 4 is 9.84 Å². The number of aromatic amines is 1. The molecule has 112 valence electrons. The van der Waals surface area contributed by atoms with E-state index in [2.05, 4.69) is 20.6 Å². The summed E-state index contributed by atoms with van der Waals surface area (Å²) in [5.41, 5.74) is 2.12. The van der Waals surface area contributed by atoms with Crippen LogP contribution < -0.4 is 0 Å². The van der Waals surface area contributed by atoms with Crippen LogP contribution in [0.4, 0.5) is 0 Å². The minimum absolute atomic E-state index is 0.00835. The van der Waals surface area contributed by atoms with Crippen molar-refractivity contribution in [2.75, 3.05) is 0 Å². The quantitative estimate of drug-likeness (QED) is 0.778. The Morgan fingerprint density at radius 1 is 0.909 bits per heavy atom. The average Bonchev–Trinajstić information content (AvgIpc) is 3.02. The summed E-state index contributed by atoms with van der Waals surface area (Å²) in [7, 11) is -3.29. The molecule has 3 aromatic rings. The first-order chi connectivity index (χ1) is 10.6. The van der Waals surface area contributed by atoms with Crippen molar-refractivity contribution < 1.29 is 8.42 Å². The first kappa shape index (κ1) is 14.4. The number of rotatable bonds is 5. The molecule has 6 nitrogen and oxygen atoms in total. The maximum absolute atomic E-state index is 12.4. The van der Waals surface area contributed by atoms with E-state index in [1.165, 1.54) is 0 Å². The number of tetrazole rings is 1. The van der Waals surface area contributed by atoms with Gasteiger partial charge in [-0.25, -0.2) is 8.42 Å². The lowest BCUT2D eigenvalue weighted by molar-refractivity contribution is 0.594. The van der Waals surface area contributed by atoms with Crippen LogP contribution in [0.3, 0.4) is 0 Å². The Balaban J connectivity index is 1.87. The second-order valence-electron chi connectivity index (χ2n) is 4.91. The number of H-pyrrole nitrogens is 1. The molecule has 22 heavy (non-hydrogen) atoms. The predicted molar refractivity (Wildman–Crippen MR) is 82.4 cm³/mol. The number of nitrogens with one attached hydrogen (secondary N) is 1. The lowest BCUT2D eigenvalue weighted by atomic mass is 10.1. The highest BCUT2D eigenvalue weighted by molar-refractivity contribution is 7.89. The highest BCUT2D eigenvalue weighted by Crippen LogP contribution is 2.22. The first-order valence-electron chi connectivity index (χ1n) is 6.70. The van der Waals surface area contributed by atoms with Gasteiger partial charge in [-0.1, -0.05) is 54.6 Å². The number of aromatic nitrogens is 4. The Hall–Kier alpha value is -2.54. The van der Waals surface area contributed by atoms with Gasteiger partial charge in [0.15, 0.2) is 9.84 Å². The zero-order chi connectivity index (χ0) is 15.4. The Kier molecular flexibility index (Phi) is 3.97. The van der Waals surface area contributed by atoms with Crippen LogP contribution in [-0.2, 0) is 21.3 Å². The van der Waals surface area contributed by atoms with E-state index in [1.54, 1.807) is 18.2 Å². The molecule has 0 atom stereocenters. The molecule has 0 aliphatic rings. The molecule has 0 aliphatic heterocycles. The van der Waals surface area contributed by atoms with Crippen molar-refractivity contribution in [2.45, 2.75) is 11.5 Å². The van der Waals surface area contributed by atoms with Crippen LogP contribution in [0.25, 0.3) is 11.4 Å². The van der Waals surface area contributed by atoms with Gasteiger partial charge in [0.05, 0.1) is 11.5 Å². The fourth-order valence-corrected chi connectivity index (χ4v) is 3.78. The highest BCUT2D eigenvalue weighted by Gasteiger charge is 2.17. The van der Waals surface area contributed by atoms with E-state index in [9.17, 15) is 8.42 Å². The van der Waals surface area contributed by atoms with Gasteiger partial charge >= 0.3 is 0 Å². The van der Waals surface area contributed by atoms with Gasteiger partial charge in [-0.3, -0.25) is 0 Å². The van der Waals surface area contributed by atoms with E-state index >= 15 is 0 Å². The SMILES string of the molecule is O=S(=O)(Cc1ccccc1)Cc1ccccc1-c1nn[nH]n1. The van der Waals surface area contributed by atoms with Crippen LogP contribution in [-0.4, -0.2) is 29.0 Å². The number of hydrogen-bond donors (Lipinski definition) is 1. The molecule has 0 saturated carbocycles. The van der Waals surface area contributed by atoms with E-state index in [4.69, 9.17) is 0 Å². The topological polar surface area (TPSA) is 88.6 Å². The third kappa shape index (κ3) is 3.37. The van der Waals surface area contributed by atoms with Gasteiger partial charge in [0, 0.05) is 5.56 Å². The van der Waals surface area contributed by atoms with Crippen molar-refractivity contribution in [1.29, 1.82) is 0 Å². The maximum Gasteiger partial charge on any atom is 0.204 e. The average molecular weight is 314 g/mol. The zero-order valence-electron chi connectivity index (χ0n) is 11.7. The lowest BCUT2D eigenvalue weighted by Crippen LogP contribution is -2.08. The van der Waals surface area contributed by atoms with E-state index < -0.39 is 9.84 Å². The molecule has 0 aliphatic carbocycles. The van der Waals surface area contributed by atoms with Gasteiger partial charge in [-0.05, 0) is 16.3 Å². The van der Waals surface area contributed by atoms with Crippen molar-refractivity contribution in [1.82, 2.24) is 20.6 Å². The molecule has 0 saturated heterocycles. The third-order valence-corrected chi connectivity index (χ3v) is 4.73. The number of sulfone groups is 1. The monoisotopic (exact) mass is 314 g/mol. The molecule has 0 radical (unpaired) electrons. The molecule has 1 aromatic heterocycles. The normalized spacial score (nSPS) is 11.5. The van der Waals surface area contributed by atoms with Crippen molar-refractivity contribution in [2.24, 2.45) is 0 Å². The molecule has 0 fully saturated rings. The number of benzene rings is 2. The molecule has 0 amide bonds. The van der Waals surface area contributed by atoms with Crippen molar-refractivity contribution in [3.05, 3.63) is 65.7 Å². The van der Waals surface area contributed by atoms with Crippen molar-refractivity contribution in [3.63, 3.8) is 0 Å². The van der Waals surface area contributed by atoms with Crippen LogP contribution in [0.15, 0.2) is 54.6 Å². The van der Waals surface area contributed by atoms with Gasteiger partial charge in [0.2, 0.25) is 5.82 Å². The number of hydrogen-bond acceptors (Lipinski definition) is 5. The summed E-state index contributed by atoms with van der Waals surface area (Å²) < 4.78 is 24.9. The van der Waals surface area contributed by atoms with Gasteiger partial charge in [0.25, 0.3) is 0 Å². The number of nitrogens with zero attached hydrogens (tertiary/aromatic N) is 3. The standard InChI is InChI=1S/C15H14N4O2S/c20-22(21,10-12-6-2-1-3-7-12)11-13-8-4-5-9-14(13)15-16-18-19-17-15/h1-9H,10-11H2,(H,16,17,18,19). The zero-order valence-corrected chi connectivity index (χ0v) is 12.5. The summed E-state index contributed by atoms with van der Waals surface area (Å²) in [5.74, 6) is 0.339. The molecule has 7 heteroatoms. The third-order valence-electron chi connectivity index (χ3n) is 3.21. The molecule has 0 unspecified atom stereocenters. The minimum atomic E-state index is -3.29. The summed E-state index contributed by atoms with van der Waals surface area (Å²) in [6.07, 6.45) is 0. The fraction of sp³-hybridized carbons (Fsp3) is 0.133. The van der Waals surface area contributed by atoms with Gasteiger partial charge in [-0.2, -0.15) is 5.21 Å². The summed E-state index contributed by atoms with van der Waals surface area (Å²) in [6, 6.07) is 16.3. The fourth-order valence-electron chi connectivity index (χ4n) is 2.26. The Bertz CT molecular complexity index is 846. The van der Waals surface area contributed by atoms with Gasteiger partial charge in [0.1, 0.15) is 0 Å². The second-order valence-corrected chi connectivity index (χ2v) is 6.97. The molecule has 1 heterocycles. The molecule has 3 rings (SSSR count). The molecular formula is C15H14N4O2S. The molecule has 0 bridgehead atoms. The largest absolute Gasteiger partial charge is 0.228 e. The predicted octanol–water partition coefficient (Wildman–Crippen LogP) is 1.98. The second kappa shape index (κ2) is 6.07. The Morgan fingerprint density at radius 2 is 1.64 bits per heavy atom. The van der Waals surface area contributed by atoms with Gasteiger partial charge < -0.3 is 0 Å². The van der Waals surface area contributed by atoms with E-state index in [-0.39, 0.29) is 11.5 Å². The summed E-state index contributed by atoms with van der Waals surface area (Å²) in [4.78, 5) is 0. The summed E-state index contributed by atoms with van der Waals surface area (Å²) >= 11 is 0. The lowest BCUT2D eigenvalue weighted by Gasteiger charge is -2.08. The highest BCUT2D eigenvalue weighted by atomic mass is 32.2. The Morgan fingerprint density at radius 3 is 2.36 bits per heavy atom. The minimum Gasteiger partial charge on any atom is -0.228 e.